The monoisotopic (exact) mass is 370 g/mol. The molecule has 0 aliphatic carbocycles. The molecule has 2 aromatic heterocycles. The van der Waals surface area contributed by atoms with E-state index >= 15 is 0 Å². The maximum atomic E-state index is 12.4. The Morgan fingerprint density at radius 2 is 1.85 bits per heavy atom. The van der Waals surface area contributed by atoms with Crippen LogP contribution in [0, 0.1) is 0 Å². The number of nitrogens with one attached hydrogen (secondary N) is 1. The average molecular weight is 370 g/mol. The van der Waals surface area contributed by atoms with Gasteiger partial charge in [-0.1, -0.05) is 31.5 Å². The first-order valence-corrected chi connectivity index (χ1v) is 10.1. The van der Waals surface area contributed by atoms with Crippen LogP contribution in [0.15, 0.2) is 65.8 Å². The van der Waals surface area contributed by atoms with Gasteiger partial charge in [0.05, 0.1) is 17.1 Å². The Bertz CT molecular complexity index is 935. The molecule has 0 fully saturated rings. The van der Waals surface area contributed by atoms with E-state index in [2.05, 4.69) is 21.7 Å². The molecule has 0 saturated heterocycles. The molecule has 2 heterocycles. The van der Waals surface area contributed by atoms with Crippen molar-refractivity contribution in [2.24, 2.45) is 0 Å². The standard InChI is InChI=1S/C19H22N4O2S/c1-2-5-16-7-9-17(10-8-16)26(24,25)21-13-15-23-14-11-19(22-23)18-6-3-4-12-20-18/h3-4,6-12,14,21H,2,5,13,15H2,1H3. The number of nitrogens with zero attached hydrogens (tertiary/aromatic N) is 3. The van der Waals surface area contributed by atoms with Crippen molar-refractivity contribution in [1.29, 1.82) is 0 Å². The molecule has 0 radical (unpaired) electrons. The summed E-state index contributed by atoms with van der Waals surface area (Å²) in [6, 6.07) is 14.5. The highest BCUT2D eigenvalue weighted by molar-refractivity contribution is 7.89. The van der Waals surface area contributed by atoms with E-state index in [1.807, 2.05) is 42.6 Å². The maximum Gasteiger partial charge on any atom is 0.240 e. The third-order valence-corrected chi connectivity index (χ3v) is 5.45. The first-order chi connectivity index (χ1) is 12.6. The van der Waals surface area contributed by atoms with Crippen LogP contribution in [0.2, 0.25) is 0 Å². The molecule has 1 N–H and O–H groups in total. The Kier molecular flexibility index (Phi) is 5.80. The first kappa shape index (κ1) is 18.3. The van der Waals surface area contributed by atoms with E-state index < -0.39 is 10.0 Å². The lowest BCUT2D eigenvalue weighted by molar-refractivity contribution is 0.561. The Balaban J connectivity index is 1.58. The minimum Gasteiger partial charge on any atom is -0.271 e. The Labute approximate surface area is 154 Å². The van der Waals surface area contributed by atoms with Crippen LogP contribution in [-0.2, 0) is 23.0 Å². The summed E-state index contributed by atoms with van der Waals surface area (Å²) in [5.41, 5.74) is 2.70. The van der Waals surface area contributed by atoms with Gasteiger partial charge in [-0.2, -0.15) is 5.10 Å². The van der Waals surface area contributed by atoms with Crippen LogP contribution < -0.4 is 4.72 Å². The summed E-state index contributed by atoms with van der Waals surface area (Å²) in [4.78, 5) is 4.54. The van der Waals surface area contributed by atoms with Gasteiger partial charge < -0.3 is 0 Å². The van der Waals surface area contributed by atoms with Gasteiger partial charge in [-0.25, -0.2) is 13.1 Å². The molecule has 0 bridgehead atoms. The fourth-order valence-electron chi connectivity index (χ4n) is 2.64. The van der Waals surface area contributed by atoms with E-state index in [0.29, 0.717) is 6.54 Å². The van der Waals surface area contributed by atoms with Gasteiger partial charge in [0.15, 0.2) is 0 Å². The summed E-state index contributed by atoms with van der Waals surface area (Å²) >= 11 is 0. The zero-order valence-corrected chi connectivity index (χ0v) is 15.5. The number of aryl methyl sites for hydroxylation is 1. The van der Waals surface area contributed by atoms with Crippen molar-refractivity contribution in [3.63, 3.8) is 0 Å². The van der Waals surface area contributed by atoms with E-state index in [1.54, 1.807) is 23.0 Å². The van der Waals surface area contributed by atoms with Crippen LogP contribution >= 0.6 is 0 Å². The van der Waals surface area contributed by atoms with Gasteiger partial charge in [0, 0.05) is 18.9 Å². The quantitative estimate of drug-likeness (QED) is 0.661. The number of hydrogen-bond donors (Lipinski definition) is 1. The number of rotatable bonds is 8. The van der Waals surface area contributed by atoms with E-state index in [1.165, 1.54) is 0 Å². The molecule has 0 aliphatic heterocycles. The summed E-state index contributed by atoms with van der Waals surface area (Å²) in [6.45, 7) is 2.81. The molecule has 136 valence electrons. The van der Waals surface area contributed by atoms with E-state index in [0.717, 1.165) is 29.8 Å². The predicted octanol–water partition coefficient (Wildman–Crippen LogP) is 2.88. The van der Waals surface area contributed by atoms with Gasteiger partial charge in [0.25, 0.3) is 0 Å². The minimum atomic E-state index is -3.51. The van der Waals surface area contributed by atoms with Gasteiger partial charge in [0.2, 0.25) is 10.0 Å². The van der Waals surface area contributed by atoms with Crippen molar-refractivity contribution in [2.45, 2.75) is 31.2 Å². The molecule has 0 amide bonds. The van der Waals surface area contributed by atoms with Crippen LogP contribution in [0.3, 0.4) is 0 Å². The molecule has 1 aromatic carbocycles. The van der Waals surface area contributed by atoms with Crippen molar-refractivity contribution in [3.05, 3.63) is 66.5 Å². The third-order valence-electron chi connectivity index (χ3n) is 3.97. The van der Waals surface area contributed by atoms with Crippen molar-refractivity contribution < 1.29 is 8.42 Å². The molecule has 0 unspecified atom stereocenters. The number of aromatic nitrogens is 3. The molecular formula is C19H22N4O2S. The molecule has 0 aliphatic rings. The molecule has 3 rings (SSSR count). The van der Waals surface area contributed by atoms with Crippen LogP contribution in [0.4, 0.5) is 0 Å². The maximum absolute atomic E-state index is 12.4. The van der Waals surface area contributed by atoms with Crippen molar-refractivity contribution in [3.8, 4) is 11.4 Å². The SMILES string of the molecule is CCCc1ccc(S(=O)(=O)NCCn2ccc(-c3ccccn3)n2)cc1. The normalized spacial score (nSPS) is 11.6. The number of hydrogen-bond acceptors (Lipinski definition) is 4. The molecule has 7 heteroatoms. The fraction of sp³-hybridized carbons (Fsp3) is 0.263. The molecule has 0 saturated carbocycles. The summed E-state index contributed by atoms with van der Waals surface area (Å²) in [5.74, 6) is 0. The summed E-state index contributed by atoms with van der Waals surface area (Å²) in [5, 5.41) is 4.42. The average Bonchev–Trinajstić information content (AvgIpc) is 3.12. The van der Waals surface area contributed by atoms with Crippen molar-refractivity contribution in [2.75, 3.05) is 6.54 Å². The highest BCUT2D eigenvalue weighted by atomic mass is 32.2. The molecule has 0 spiro atoms. The van der Waals surface area contributed by atoms with Gasteiger partial charge in [-0.15, -0.1) is 0 Å². The highest BCUT2D eigenvalue weighted by Crippen LogP contribution is 2.13. The lowest BCUT2D eigenvalue weighted by Gasteiger charge is -2.08. The van der Waals surface area contributed by atoms with Crippen LogP contribution in [0.25, 0.3) is 11.4 Å². The van der Waals surface area contributed by atoms with Gasteiger partial charge in [-0.3, -0.25) is 9.67 Å². The van der Waals surface area contributed by atoms with Crippen LogP contribution in [0.1, 0.15) is 18.9 Å². The topological polar surface area (TPSA) is 76.9 Å². The van der Waals surface area contributed by atoms with Crippen molar-refractivity contribution in [1.82, 2.24) is 19.5 Å². The lowest BCUT2D eigenvalue weighted by Crippen LogP contribution is -2.27. The third kappa shape index (κ3) is 4.56. The zero-order valence-electron chi connectivity index (χ0n) is 14.7. The fourth-order valence-corrected chi connectivity index (χ4v) is 3.66. The number of sulfonamides is 1. The van der Waals surface area contributed by atoms with Gasteiger partial charge in [-0.05, 0) is 42.3 Å². The minimum absolute atomic E-state index is 0.266. The molecular weight excluding hydrogens is 348 g/mol. The van der Waals surface area contributed by atoms with E-state index in [4.69, 9.17) is 0 Å². The predicted molar refractivity (Wildman–Crippen MR) is 101 cm³/mol. The molecule has 6 nitrogen and oxygen atoms in total. The summed E-state index contributed by atoms with van der Waals surface area (Å²) in [7, 11) is -3.51. The summed E-state index contributed by atoms with van der Waals surface area (Å²) < 4.78 is 29.1. The zero-order chi connectivity index (χ0) is 18.4. The van der Waals surface area contributed by atoms with E-state index in [-0.39, 0.29) is 11.4 Å². The van der Waals surface area contributed by atoms with Crippen LogP contribution in [-0.4, -0.2) is 29.7 Å². The van der Waals surface area contributed by atoms with Crippen LogP contribution in [0.5, 0.6) is 0 Å². The Morgan fingerprint density at radius 1 is 1.04 bits per heavy atom. The number of pyridine rings is 1. The van der Waals surface area contributed by atoms with Crippen molar-refractivity contribution >= 4 is 10.0 Å². The second-order valence-electron chi connectivity index (χ2n) is 5.97. The molecule has 0 atom stereocenters. The smallest absolute Gasteiger partial charge is 0.240 e. The lowest BCUT2D eigenvalue weighted by atomic mass is 10.1. The largest absolute Gasteiger partial charge is 0.271 e. The first-order valence-electron chi connectivity index (χ1n) is 8.62. The Morgan fingerprint density at radius 3 is 2.54 bits per heavy atom. The van der Waals surface area contributed by atoms with Gasteiger partial charge >= 0.3 is 0 Å². The second-order valence-corrected chi connectivity index (χ2v) is 7.74. The summed E-state index contributed by atoms with van der Waals surface area (Å²) in [6.07, 6.45) is 5.52. The number of benzene rings is 1. The Hall–Kier alpha value is -2.51. The molecule has 3 aromatic rings. The second kappa shape index (κ2) is 8.25. The van der Waals surface area contributed by atoms with Gasteiger partial charge in [0.1, 0.15) is 5.69 Å². The highest BCUT2D eigenvalue weighted by Gasteiger charge is 2.13. The molecule has 26 heavy (non-hydrogen) atoms. The van der Waals surface area contributed by atoms with E-state index in [9.17, 15) is 8.42 Å².